The summed E-state index contributed by atoms with van der Waals surface area (Å²) in [5, 5.41) is 10.2. The van der Waals surface area contributed by atoms with Gasteiger partial charge in [0.05, 0.1) is 55.1 Å². The zero-order valence-corrected chi connectivity index (χ0v) is 46.0. The Morgan fingerprint density at radius 2 is 1.48 bits per heavy atom. The van der Waals surface area contributed by atoms with E-state index < -0.39 is 60.4 Å². The van der Waals surface area contributed by atoms with Gasteiger partial charge in [-0.25, -0.2) is 5.43 Å². The molecule has 2 heterocycles. The molecule has 3 rings (SSSR count). The van der Waals surface area contributed by atoms with Crippen LogP contribution in [0.4, 0.5) is 0 Å². The SMILES string of the molecule is CC[C@H](C)[C@@H]([C@@H](CC(=O)N1CCC[C@H]1[C@H](OC)[C@@H](C)C(=O)N[C@H](C)[C@@H](OC(=O)CC(C)=NNC(=O)CCCCCN1C(=O)C=CC1=O)c1ccccc1)OC)N(C)C(=O)[C@@H](NC(=O)[C@H](C(C)C)N(C)C)C(C)C. The molecule has 3 N–H and O–H groups in total. The number of nitrogens with zero attached hydrogens (tertiary/aromatic N) is 5. The van der Waals surface area contributed by atoms with Crippen LogP contribution in [0.5, 0.6) is 0 Å². The van der Waals surface area contributed by atoms with Crippen LogP contribution >= 0.6 is 0 Å². The van der Waals surface area contributed by atoms with Gasteiger partial charge in [0.25, 0.3) is 11.8 Å². The molecule has 73 heavy (non-hydrogen) atoms. The zero-order valence-electron chi connectivity index (χ0n) is 46.0. The average molecular weight is 1020 g/mol. The van der Waals surface area contributed by atoms with Crippen LogP contribution in [-0.2, 0) is 52.6 Å². The number of carbonyl (C=O) groups excluding carboxylic acids is 8. The molecule has 0 aliphatic carbocycles. The molecule has 1 aromatic rings. The minimum atomic E-state index is -0.892. The van der Waals surface area contributed by atoms with Crippen molar-refractivity contribution in [3.63, 3.8) is 0 Å². The number of carbonyl (C=O) groups is 8. The molecule has 0 saturated carbocycles. The number of ether oxygens (including phenoxy) is 3. The van der Waals surface area contributed by atoms with Crippen LogP contribution in [0.1, 0.15) is 132 Å². The van der Waals surface area contributed by atoms with Crippen molar-refractivity contribution in [2.75, 3.05) is 48.5 Å². The van der Waals surface area contributed by atoms with Crippen LogP contribution in [-0.4, -0.2) is 164 Å². The molecule has 0 aromatic heterocycles. The number of unbranched alkanes of at least 4 members (excludes halogenated alkanes) is 2. The molecule has 1 saturated heterocycles. The molecule has 0 unspecified atom stereocenters. The van der Waals surface area contributed by atoms with Crippen LogP contribution in [0.15, 0.2) is 47.6 Å². The van der Waals surface area contributed by atoms with Crippen LogP contribution in [0.3, 0.4) is 0 Å². The number of esters is 1. The molecule has 0 radical (unpaired) electrons. The second kappa shape index (κ2) is 30.0. The first-order valence-electron chi connectivity index (χ1n) is 26.0. The molecule has 19 heteroatoms. The third kappa shape index (κ3) is 17.8. The van der Waals surface area contributed by atoms with Crippen molar-refractivity contribution in [1.82, 2.24) is 35.7 Å². The predicted octanol–water partition coefficient (Wildman–Crippen LogP) is 4.79. The molecular weight excluding hydrogens is 937 g/mol. The summed E-state index contributed by atoms with van der Waals surface area (Å²) in [4.78, 5) is 112. The number of benzene rings is 1. The lowest BCUT2D eigenvalue weighted by atomic mass is 9.89. The van der Waals surface area contributed by atoms with Crippen molar-refractivity contribution in [2.24, 2.45) is 28.8 Å². The van der Waals surface area contributed by atoms with Crippen molar-refractivity contribution < 1.29 is 52.6 Å². The van der Waals surface area contributed by atoms with Crippen LogP contribution in [0.2, 0.25) is 0 Å². The summed E-state index contributed by atoms with van der Waals surface area (Å²) >= 11 is 0. The van der Waals surface area contributed by atoms with Gasteiger partial charge < -0.3 is 34.6 Å². The minimum Gasteiger partial charge on any atom is -0.455 e. The Kier molecular flexibility index (Phi) is 25.4. The van der Waals surface area contributed by atoms with E-state index in [9.17, 15) is 38.4 Å². The lowest BCUT2D eigenvalue weighted by molar-refractivity contribution is -0.151. The number of nitrogens with one attached hydrogen (secondary N) is 3. The third-order valence-electron chi connectivity index (χ3n) is 14.1. The number of rotatable bonds is 30. The van der Waals surface area contributed by atoms with Gasteiger partial charge >= 0.3 is 5.97 Å². The van der Waals surface area contributed by atoms with Gasteiger partial charge in [0.2, 0.25) is 29.5 Å². The number of hydrogen-bond acceptors (Lipinski definition) is 13. The molecule has 2 aliphatic rings. The van der Waals surface area contributed by atoms with Crippen molar-refractivity contribution in [1.29, 1.82) is 0 Å². The Morgan fingerprint density at radius 1 is 0.836 bits per heavy atom. The third-order valence-corrected chi connectivity index (χ3v) is 14.1. The monoisotopic (exact) mass is 1020 g/mol. The first-order chi connectivity index (χ1) is 34.5. The quantitative estimate of drug-likeness (QED) is 0.0311. The lowest BCUT2D eigenvalue weighted by Crippen LogP contribution is -2.59. The van der Waals surface area contributed by atoms with Gasteiger partial charge in [-0.3, -0.25) is 48.2 Å². The maximum Gasteiger partial charge on any atom is 0.312 e. The van der Waals surface area contributed by atoms with E-state index >= 15 is 0 Å². The standard InChI is InChI=1S/C54H86N8O11/c1-15-35(6)49(60(12)54(70)47(33(2)3)56-53(69)48(34(4)5)59(10)11)41(71-13)32-45(66)61-30-22-25-40(61)50(72-14)37(8)52(68)55-38(9)51(39-23-18-16-19-24-39)73-46(67)31-36(7)57-58-42(63)26-20-17-21-29-62-43(64)27-28-44(62)65/h16,18-19,23-24,27-28,33-35,37-38,40-41,47-51H,15,17,20-22,25-26,29-32H2,1-14H3,(H,55,68)(H,56,69)(H,58,63)/t35-,37+,38+,40-,41+,47-,48-,49-,50+,51+/m0/s1. The Hall–Kier alpha value is -5.53. The van der Waals surface area contributed by atoms with E-state index in [1.54, 1.807) is 61.9 Å². The molecule has 2 aliphatic heterocycles. The normalized spacial score (nSPS) is 18.8. The average Bonchev–Trinajstić information content (AvgIpc) is 3.96. The summed E-state index contributed by atoms with van der Waals surface area (Å²) < 4.78 is 18.1. The van der Waals surface area contributed by atoms with Gasteiger partial charge in [-0.1, -0.05) is 91.6 Å². The highest BCUT2D eigenvalue weighted by molar-refractivity contribution is 6.12. The highest BCUT2D eigenvalue weighted by atomic mass is 16.5. The van der Waals surface area contributed by atoms with Crippen LogP contribution < -0.4 is 16.1 Å². The summed E-state index contributed by atoms with van der Waals surface area (Å²) in [5.74, 6) is -3.71. The van der Waals surface area contributed by atoms with Gasteiger partial charge in [-0.15, -0.1) is 0 Å². The summed E-state index contributed by atoms with van der Waals surface area (Å²) in [7, 11) is 8.46. The zero-order chi connectivity index (χ0) is 54.7. The Labute approximate surface area is 433 Å². The van der Waals surface area contributed by atoms with Gasteiger partial charge in [0.15, 0.2) is 0 Å². The Bertz CT molecular complexity index is 2050. The van der Waals surface area contributed by atoms with Gasteiger partial charge in [-0.05, 0) is 76.9 Å². The number of imide groups is 1. The number of methoxy groups -OCH3 is 2. The highest BCUT2D eigenvalue weighted by Gasteiger charge is 2.43. The molecule has 0 spiro atoms. The largest absolute Gasteiger partial charge is 0.455 e. The Balaban J connectivity index is 1.68. The molecule has 19 nitrogen and oxygen atoms in total. The molecular formula is C54H86N8O11. The Morgan fingerprint density at radius 3 is 2.04 bits per heavy atom. The second-order valence-corrected chi connectivity index (χ2v) is 20.6. The van der Waals surface area contributed by atoms with E-state index in [-0.39, 0.29) is 84.9 Å². The fourth-order valence-electron chi connectivity index (χ4n) is 9.97. The van der Waals surface area contributed by atoms with Crippen molar-refractivity contribution in [3.05, 3.63) is 48.0 Å². The highest BCUT2D eigenvalue weighted by Crippen LogP contribution is 2.31. The summed E-state index contributed by atoms with van der Waals surface area (Å²) in [6.07, 6.45) is 3.80. The maximum absolute atomic E-state index is 14.5. The first-order valence-corrected chi connectivity index (χ1v) is 26.0. The van der Waals surface area contributed by atoms with E-state index in [2.05, 4.69) is 21.2 Å². The van der Waals surface area contributed by atoms with Gasteiger partial charge in [0.1, 0.15) is 12.1 Å². The summed E-state index contributed by atoms with van der Waals surface area (Å²) in [6, 6.07) is 6.14. The van der Waals surface area contributed by atoms with E-state index in [1.165, 1.54) is 26.4 Å². The smallest absolute Gasteiger partial charge is 0.312 e. The van der Waals surface area contributed by atoms with E-state index in [0.717, 1.165) is 4.90 Å². The fourth-order valence-corrected chi connectivity index (χ4v) is 9.97. The maximum atomic E-state index is 14.5. The number of amides is 7. The molecule has 408 valence electrons. The summed E-state index contributed by atoms with van der Waals surface area (Å²) in [6.45, 7) is 17.6. The van der Waals surface area contributed by atoms with Crippen LogP contribution in [0, 0.1) is 23.7 Å². The lowest BCUT2D eigenvalue weighted by Gasteiger charge is -2.41. The van der Waals surface area contributed by atoms with E-state index in [1.807, 2.05) is 66.6 Å². The van der Waals surface area contributed by atoms with E-state index in [0.29, 0.717) is 56.3 Å². The first kappa shape index (κ1) is 61.8. The number of likely N-dealkylation sites (tertiary alicyclic amines) is 1. The molecule has 7 amide bonds. The van der Waals surface area contributed by atoms with Gasteiger partial charge in [-0.2, -0.15) is 5.10 Å². The minimum absolute atomic E-state index is 0.0145. The van der Waals surface area contributed by atoms with Crippen LogP contribution in [0.25, 0.3) is 0 Å². The topological polar surface area (TPSA) is 226 Å². The van der Waals surface area contributed by atoms with Gasteiger partial charge in [0, 0.05) is 58.6 Å². The number of hydrazone groups is 1. The van der Waals surface area contributed by atoms with Crippen molar-refractivity contribution in [2.45, 2.75) is 169 Å². The molecule has 0 bridgehead atoms. The van der Waals surface area contributed by atoms with Crippen molar-refractivity contribution in [3.8, 4) is 0 Å². The van der Waals surface area contributed by atoms with E-state index in [4.69, 9.17) is 14.2 Å². The van der Waals surface area contributed by atoms with Crippen molar-refractivity contribution >= 4 is 53.0 Å². The molecule has 1 fully saturated rings. The predicted molar refractivity (Wildman–Crippen MR) is 278 cm³/mol. The second-order valence-electron chi connectivity index (χ2n) is 20.6. The number of likely N-dealkylation sites (N-methyl/N-ethyl adjacent to an activating group) is 2. The molecule has 10 atom stereocenters. The fraction of sp³-hybridized carbons (Fsp3) is 0.685. The molecule has 1 aromatic carbocycles. The summed E-state index contributed by atoms with van der Waals surface area (Å²) in [5.41, 5.74) is 3.42. The number of hydrogen-bond donors (Lipinski definition) is 3.